The first-order valence-corrected chi connectivity index (χ1v) is 12.2. The van der Waals surface area contributed by atoms with Gasteiger partial charge in [0, 0.05) is 54.8 Å². The Labute approximate surface area is 215 Å². The predicted octanol–water partition coefficient (Wildman–Crippen LogP) is 4.92. The third-order valence-corrected chi connectivity index (χ3v) is 6.36. The van der Waals surface area contributed by atoms with E-state index in [1.807, 2.05) is 19.9 Å². The number of rotatable bonds is 8. The molecule has 37 heavy (non-hydrogen) atoms. The van der Waals surface area contributed by atoms with E-state index in [1.54, 1.807) is 25.3 Å². The molecule has 7 nitrogen and oxygen atoms in total. The predicted molar refractivity (Wildman–Crippen MR) is 137 cm³/mol. The first kappa shape index (κ1) is 28.0. The Bertz CT molecular complexity index is 1130. The molecule has 0 bridgehead atoms. The summed E-state index contributed by atoms with van der Waals surface area (Å²) in [6.45, 7) is 10.0. The second kappa shape index (κ2) is 12.1. The van der Waals surface area contributed by atoms with E-state index < -0.39 is 12.8 Å². The van der Waals surface area contributed by atoms with Crippen LogP contribution in [0.1, 0.15) is 44.2 Å². The number of amides is 1. The second-order valence-electron chi connectivity index (χ2n) is 9.47. The Morgan fingerprint density at radius 1 is 1.32 bits per heavy atom. The zero-order chi connectivity index (χ0) is 27.2. The number of piperidine rings is 1. The summed E-state index contributed by atoms with van der Waals surface area (Å²) in [4.78, 5) is 19.3. The van der Waals surface area contributed by atoms with Crippen LogP contribution in [0, 0.1) is 18.3 Å². The number of nitrogens with one attached hydrogen (secondary N) is 3. The summed E-state index contributed by atoms with van der Waals surface area (Å²) in [6, 6.07) is 1.70. The molecule has 1 aromatic rings. The van der Waals surface area contributed by atoms with E-state index in [4.69, 9.17) is 10.1 Å². The van der Waals surface area contributed by atoms with Gasteiger partial charge in [0.25, 0.3) is 0 Å². The molecule has 3 rings (SSSR count). The quantitative estimate of drug-likeness (QED) is 0.456. The molecule has 3 N–H and O–H groups in total. The van der Waals surface area contributed by atoms with Gasteiger partial charge in [-0.3, -0.25) is 4.79 Å². The topological polar surface area (TPSA) is 90.3 Å². The van der Waals surface area contributed by atoms with Crippen LogP contribution in [0.15, 0.2) is 59.7 Å². The third-order valence-electron chi connectivity index (χ3n) is 6.36. The molecule has 1 aliphatic carbocycles. The second-order valence-corrected chi connectivity index (χ2v) is 9.47. The SMILES string of the molecule is C=C(C)N1CCC(C(=O)NC2=C(C)CC=CC(=N)/C2=C\NCc2cnc(OCC(F)(F)F)c(C)c2)CC1. The Morgan fingerprint density at radius 2 is 2.03 bits per heavy atom. The van der Waals surface area contributed by atoms with Gasteiger partial charge in [-0.25, -0.2) is 4.98 Å². The number of nitrogens with zero attached hydrogens (tertiary/aromatic N) is 2. The number of aryl methyl sites for hydroxylation is 1. The van der Waals surface area contributed by atoms with E-state index in [0.717, 1.165) is 42.8 Å². The van der Waals surface area contributed by atoms with E-state index in [2.05, 4.69) is 27.1 Å². The van der Waals surface area contributed by atoms with Crippen molar-refractivity contribution in [1.29, 1.82) is 5.41 Å². The van der Waals surface area contributed by atoms with Gasteiger partial charge in [0.2, 0.25) is 11.8 Å². The number of pyridine rings is 1. The smallest absolute Gasteiger partial charge is 0.422 e. The highest BCUT2D eigenvalue weighted by molar-refractivity contribution is 6.10. The summed E-state index contributed by atoms with van der Waals surface area (Å²) in [5, 5.41) is 14.7. The van der Waals surface area contributed by atoms with Gasteiger partial charge in [0.05, 0.1) is 11.4 Å². The van der Waals surface area contributed by atoms with Crippen LogP contribution in [0.3, 0.4) is 0 Å². The highest BCUT2D eigenvalue weighted by Crippen LogP contribution is 2.25. The summed E-state index contributed by atoms with van der Waals surface area (Å²) in [6.07, 6.45) is 4.40. The molecule has 0 unspecified atom stereocenters. The van der Waals surface area contributed by atoms with Crippen LogP contribution >= 0.6 is 0 Å². The number of halogens is 3. The van der Waals surface area contributed by atoms with Crippen molar-refractivity contribution in [3.63, 3.8) is 0 Å². The van der Waals surface area contributed by atoms with Crippen LogP contribution in [0.4, 0.5) is 13.2 Å². The standard InChI is InChI=1S/C27H34F3N5O2/c1-17(2)35-10-8-21(9-11-35)25(36)34-24-18(3)6-5-7-23(31)22(24)15-32-13-20-12-19(4)26(33-14-20)37-16-27(28,29)30/h5,7,12,14-15,21,31-32H,1,6,8-11,13,16H2,2-4H3,(H,34,36)/b22-15+,31-23?. The van der Waals surface area contributed by atoms with E-state index in [1.165, 1.54) is 6.20 Å². The fourth-order valence-electron chi connectivity index (χ4n) is 4.27. The lowest BCUT2D eigenvalue weighted by Gasteiger charge is -2.33. The summed E-state index contributed by atoms with van der Waals surface area (Å²) in [5.41, 5.74) is 4.63. The highest BCUT2D eigenvalue weighted by atomic mass is 19.4. The fourth-order valence-corrected chi connectivity index (χ4v) is 4.27. The summed E-state index contributed by atoms with van der Waals surface area (Å²) in [7, 11) is 0. The number of carbonyl (C=O) groups excluding carboxylic acids is 1. The van der Waals surface area contributed by atoms with Gasteiger partial charge in [-0.05, 0) is 63.3 Å². The normalized spacial score (nSPS) is 18.2. The summed E-state index contributed by atoms with van der Waals surface area (Å²) >= 11 is 0. The van der Waals surface area contributed by atoms with Crippen molar-refractivity contribution < 1.29 is 22.7 Å². The Balaban J connectivity index is 1.68. The van der Waals surface area contributed by atoms with Crippen molar-refractivity contribution in [3.8, 4) is 5.88 Å². The molecule has 2 heterocycles. The average Bonchev–Trinajstić information content (AvgIpc) is 2.96. The number of ether oxygens (including phenoxy) is 1. The lowest BCUT2D eigenvalue weighted by atomic mass is 9.94. The molecule has 1 saturated heterocycles. The monoisotopic (exact) mass is 517 g/mol. The van der Waals surface area contributed by atoms with Crippen molar-refractivity contribution in [2.75, 3.05) is 19.7 Å². The Hall–Kier alpha value is -3.56. The fraction of sp³-hybridized carbons (Fsp3) is 0.444. The number of aromatic nitrogens is 1. The van der Waals surface area contributed by atoms with Gasteiger partial charge < -0.3 is 25.7 Å². The molecule has 0 atom stereocenters. The average molecular weight is 518 g/mol. The molecular formula is C27H34F3N5O2. The number of carbonyl (C=O) groups is 1. The summed E-state index contributed by atoms with van der Waals surface area (Å²) < 4.78 is 42.0. The van der Waals surface area contributed by atoms with Crippen molar-refractivity contribution >= 4 is 11.6 Å². The lowest BCUT2D eigenvalue weighted by Crippen LogP contribution is -2.40. The maximum Gasteiger partial charge on any atom is 0.422 e. The van der Waals surface area contributed by atoms with Crippen molar-refractivity contribution in [2.45, 2.75) is 52.8 Å². The number of hydrogen-bond donors (Lipinski definition) is 3. The Kier molecular flexibility index (Phi) is 9.18. The van der Waals surface area contributed by atoms with E-state index >= 15 is 0 Å². The van der Waals surface area contributed by atoms with Gasteiger partial charge in [-0.15, -0.1) is 0 Å². The molecule has 0 spiro atoms. The van der Waals surface area contributed by atoms with Crippen LogP contribution in [0.5, 0.6) is 5.88 Å². The minimum Gasteiger partial charge on any atom is -0.468 e. The lowest BCUT2D eigenvalue weighted by molar-refractivity contribution is -0.154. The van der Waals surface area contributed by atoms with Crippen LogP contribution in [0.25, 0.3) is 0 Å². The minimum atomic E-state index is -4.43. The summed E-state index contributed by atoms with van der Waals surface area (Å²) in [5.74, 6) is -0.221. The molecule has 10 heteroatoms. The maximum atomic E-state index is 13.1. The van der Waals surface area contributed by atoms with Gasteiger partial charge >= 0.3 is 6.18 Å². The molecule has 1 aromatic heterocycles. The number of hydrogen-bond acceptors (Lipinski definition) is 6. The highest BCUT2D eigenvalue weighted by Gasteiger charge is 2.29. The zero-order valence-electron chi connectivity index (χ0n) is 21.5. The number of alkyl halides is 3. The van der Waals surface area contributed by atoms with Crippen molar-refractivity contribution in [3.05, 3.63) is 70.9 Å². The molecule has 0 radical (unpaired) electrons. The molecule has 1 amide bonds. The van der Waals surface area contributed by atoms with Gasteiger partial charge in [0.1, 0.15) is 0 Å². The minimum absolute atomic E-state index is 0.0504. The van der Waals surface area contributed by atoms with E-state index in [9.17, 15) is 18.0 Å². The third kappa shape index (κ3) is 7.96. The maximum absolute atomic E-state index is 13.1. The van der Waals surface area contributed by atoms with Crippen LogP contribution in [-0.4, -0.2) is 47.4 Å². The van der Waals surface area contributed by atoms with Crippen LogP contribution < -0.4 is 15.4 Å². The van der Waals surface area contributed by atoms with Crippen molar-refractivity contribution in [2.24, 2.45) is 5.92 Å². The van der Waals surface area contributed by atoms with E-state index in [0.29, 0.717) is 29.8 Å². The molecule has 0 saturated carbocycles. The molecule has 1 fully saturated rings. The van der Waals surface area contributed by atoms with Gasteiger partial charge in [-0.2, -0.15) is 13.2 Å². The van der Waals surface area contributed by atoms with Crippen molar-refractivity contribution in [1.82, 2.24) is 20.5 Å². The molecule has 0 aromatic carbocycles. The van der Waals surface area contributed by atoms with Crippen LogP contribution in [-0.2, 0) is 11.3 Å². The molecule has 1 aliphatic heterocycles. The van der Waals surface area contributed by atoms with E-state index in [-0.39, 0.29) is 23.4 Å². The first-order chi connectivity index (χ1) is 17.4. The number of likely N-dealkylation sites (tertiary alicyclic amines) is 1. The largest absolute Gasteiger partial charge is 0.468 e. The van der Waals surface area contributed by atoms with Gasteiger partial charge in [0.15, 0.2) is 6.61 Å². The van der Waals surface area contributed by atoms with Gasteiger partial charge in [-0.1, -0.05) is 12.7 Å². The molecule has 200 valence electrons. The van der Waals surface area contributed by atoms with Crippen LogP contribution in [0.2, 0.25) is 0 Å². The molecular weight excluding hydrogens is 483 g/mol. The Morgan fingerprint density at radius 3 is 2.65 bits per heavy atom. The first-order valence-electron chi connectivity index (χ1n) is 12.2. The zero-order valence-corrected chi connectivity index (χ0v) is 21.5. The molecule has 2 aliphatic rings. The number of allylic oxidation sites excluding steroid dienone is 5.